The van der Waals surface area contributed by atoms with Crippen LogP contribution in [0.15, 0.2) is 85.5 Å². The van der Waals surface area contributed by atoms with Crippen molar-refractivity contribution in [3.8, 4) is 5.75 Å². The number of anilines is 4. The van der Waals surface area contributed by atoms with Gasteiger partial charge < -0.3 is 32.4 Å². The molecule has 7 nitrogen and oxygen atoms in total. The summed E-state index contributed by atoms with van der Waals surface area (Å²) in [5, 5.41) is 0. The summed E-state index contributed by atoms with van der Waals surface area (Å²) in [6, 6.07) is 22.1. The average Bonchev–Trinajstić information content (AvgIpc) is 2.80. The van der Waals surface area contributed by atoms with E-state index in [4.69, 9.17) is 32.4 Å². The van der Waals surface area contributed by atoms with Gasteiger partial charge in [-0.2, -0.15) is 0 Å². The molecule has 3 rings (SSSR count). The van der Waals surface area contributed by atoms with Crippen LogP contribution in [0.5, 0.6) is 5.75 Å². The van der Waals surface area contributed by atoms with Gasteiger partial charge in [0.2, 0.25) is 0 Å². The molecular weight excluding hydrogens is 416 g/mol. The van der Waals surface area contributed by atoms with E-state index in [1.807, 2.05) is 55.5 Å². The summed E-state index contributed by atoms with van der Waals surface area (Å²) in [4.78, 5) is 10.8. The van der Waals surface area contributed by atoms with Crippen molar-refractivity contribution in [3.63, 3.8) is 0 Å². The van der Waals surface area contributed by atoms with Crippen molar-refractivity contribution in [2.45, 2.75) is 19.8 Å². The predicted octanol–water partition coefficient (Wildman–Crippen LogP) is 4.59. The molecule has 0 aliphatic carbocycles. The van der Waals surface area contributed by atoms with Crippen LogP contribution in [0.3, 0.4) is 0 Å². The Bertz CT molecular complexity index is 940. The highest BCUT2D eigenvalue weighted by Gasteiger charge is 2.00. The van der Waals surface area contributed by atoms with Crippen LogP contribution in [-0.2, 0) is 9.53 Å². The van der Waals surface area contributed by atoms with E-state index in [1.54, 1.807) is 24.3 Å². The monoisotopic (exact) mass is 450 g/mol. The fourth-order valence-electron chi connectivity index (χ4n) is 2.40. The van der Waals surface area contributed by atoms with Crippen LogP contribution in [-0.4, -0.2) is 19.2 Å². The van der Waals surface area contributed by atoms with Gasteiger partial charge in [0.05, 0.1) is 13.2 Å². The van der Waals surface area contributed by atoms with Crippen molar-refractivity contribution < 1.29 is 14.3 Å². The Labute approximate surface area is 196 Å². The lowest BCUT2D eigenvalue weighted by Crippen LogP contribution is -2.05. The Morgan fingerprint density at radius 1 is 0.788 bits per heavy atom. The zero-order chi connectivity index (χ0) is 24.5. The van der Waals surface area contributed by atoms with Gasteiger partial charge in [-0.3, -0.25) is 0 Å². The number of nitrogen functional groups attached to an aromatic ring is 4. The second-order valence-electron chi connectivity index (χ2n) is 7.03. The van der Waals surface area contributed by atoms with Crippen molar-refractivity contribution in [2.75, 3.05) is 36.1 Å². The Hall–Kier alpha value is -4.13. The van der Waals surface area contributed by atoms with Crippen LogP contribution in [0.4, 0.5) is 22.7 Å². The molecule has 8 N–H and O–H groups in total. The summed E-state index contributed by atoms with van der Waals surface area (Å²) in [6.45, 7) is 6.27. The van der Waals surface area contributed by atoms with Crippen LogP contribution in [0.2, 0.25) is 0 Å². The predicted molar refractivity (Wildman–Crippen MR) is 138 cm³/mol. The molecule has 0 aliphatic heterocycles. The lowest BCUT2D eigenvalue weighted by atomic mass is 10.2. The molecule has 0 unspecified atom stereocenters. The normalized spacial score (nSPS) is 9.36. The Kier molecular flexibility index (Phi) is 12.8. The second-order valence-corrected chi connectivity index (χ2v) is 7.03. The zero-order valence-electron chi connectivity index (χ0n) is 19.1. The summed E-state index contributed by atoms with van der Waals surface area (Å²) in [5.41, 5.74) is 25.8. The summed E-state index contributed by atoms with van der Waals surface area (Å²) in [5.74, 6) is 0.456. The molecule has 0 radical (unpaired) electrons. The van der Waals surface area contributed by atoms with Gasteiger partial charge in [-0.1, -0.05) is 24.8 Å². The number of aryl methyl sites for hydroxylation is 1. The van der Waals surface area contributed by atoms with E-state index in [0.717, 1.165) is 53.0 Å². The minimum Gasteiger partial charge on any atom is -0.493 e. The van der Waals surface area contributed by atoms with E-state index in [-0.39, 0.29) is 5.97 Å². The van der Waals surface area contributed by atoms with Gasteiger partial charge in [0.25, 0.3) is 0 Å². The molecule has 3 aromatic carbocycles. The SMILES string of the molecule is C=CC(=O)OCCCCOc1ccc(N)cc1C.Nc1ccc(N)cc1.Nc1ccccc1. The smallest absolute Gasteiger partial charge is 0.330 e. The highest BCUT2D eigenvalue weighted by Crippen LogP contribution is 2.20. The van der Waals surface area contributed by atoms with Crippen molar-refractivity contribution in [2.24, 2.45) is 0 Å². The minimum absolute atomic E-state index is 0.384. The number of unbranched alkanes of at least 4 members (excludes halogenated alkanes) is 1. The van der Waals surface area contributed by atoms with E-state index < -0.39 is 0 Å². The Morgan fingerprint density at radius 3 is 1.79 bits per heavy atom. The summed E-state index contributed by atoms with van der Waals surface area (Å²) < 4.78 is 10.5. The van der Waals surface area contributed by atoms with Crippen LogP contribution in [0.1, 0.15) is 18.4 Å². The standard InChI is InChI=1S/C14H19NO3.C6H8N2.C6H7N/c1-3-14(16)18-9-5-4-8-17-13-7-6-12(15)10-11(13)2;7-5-1-2-6(8)4-3-5;7-6-4-2-1-3-5-6/h3,6-7,10H,1,4-5,8-9,15H2,2H3;1-4H,7-8H2;1-5H,7H2. The molecule has 7 heteroatoms. The number of hydrogen-bond acceptors (Lipinski definition) is 7. The first-order valence-corrected chi connectivity index (χ1v) is 10.5. The third-order valence-corrected chi connectivity index (χ3v) is 4.14. The summed E-state index contributed by atoms with van der Waals surface area (Å²) in [7, 11) is 0. The molecule has 0 saturated carbocycles. The first kappa shape index (κ1) is 26.9. The van der Waals surface area contributed by atoms with Gasteiger partial charge in [0.15, 0.2) is 0 Å². The van der Waals surface area contributed by atoms with Gasteiger partial charge in [-0.25, -0.2) is 4.79 Å². The number of benzene rings is 3. The van der Waals surface area contributed by atoms with Crippen molar-refractivity contribution in [3.05, 3.63) is 91.0 Å². The minimum atomic E-state index is -0.384. The zero-order valence-corrected chi connectivity index (χ0v) is 19.1. The van der Waals surface area contributed by atoms with Gasteiger partial charge in [-0.15, -0.1) is 0 Å². The summed E-state index contributed by atoms with van der Waals surface area (Å²) in [6.07, 6.45) is 2.76. The number of para-hydroxylation sites is 1. The summed E-state index contributed by atoms with van der Waals surface area (Å²) >= 11 is 0. The third-order valence-electron chi connectivity index (χ3n) is 4.14. The first-order chi connectivity index (χ1) is 15.8. The van der Waals surface area contributed by atoms with Crippen LogP contribution >= 0.6 is 0 Å². The second kappa shape index (κ2) is 15.6. The van der Waals surface area contributed by atoms with Gasteiger partial charge in [0.1, 0.15) is 5.75 Å². The van der Waals surface area contributed by atoms with E-state index in [9.17, 15) is 4.79 Å². The van der Waals surface area contributed by atoms with Crippen molar-refractivity contribution in [1.29, 1.82) is 0 Å². The number of hydrogen-bond donors (Lipinski definition) is 4. The average molecular weight is 451 g/mol. The third kappa shape index (κ3) is 13.0. The molecule has 0 amide bonds. The largest absolute Gasteiger partial charge is 0.493 e. The maximum Gasteiger partial charge on any atom is 0.330 e. The molecular formula is C26H34N4O3. The number of carbonyl (C=O) groups is 1. The molecule has 0 spiro atoms. The van der Waals surface area contributed by atoms with Crippen LogP contribution < -0.4 is 27.7 Å². The van der Waals surface area contributed by atoms with Gasteiger partial charge in [-0.05, 0) is 79.9 Å². The fourth-order valence-corrected chi connectivity index (χ4v) is 2.40. The molecule has 0 fully saturated rings. The molecule has 0 aliphatic rings. The molecule has 3 aromatic rings. The number of rotatable bonds is 7. The van der Waals surface area contributed by atoms with Crippen LogP contribution in [0, 0.1) is 6.92 Å². The molecule has 0 aromatic heterocycles. The van der Waals surface area contributed by atoms with Crippen LogP contribution in [0.25, 0.3) is 0 Å². The molecule has 176 valence electrons. The lowest BCUT2D eigenvalue weighted by molar-refractivity contribution is -0.137. The quantitative estimate of drug-likeness (QED) is 0.179. The highest BCUT2D eigenvalue weighted by molar-refractivity contribution is 5.81. The van der Waals surface area contributed by atoms with Gasteiger partial charge >= 0.3 is 5.97 Å². The fraction of sp³-hybridized carbons (Fsp3) is 0.192. The molecule has 0 atom stereocenters. The number of esters is 1. The number of nitrogens with two attached hydrogens (primary N) is 4. The topological polar surface area (TPSA) is 140 Å². The van der Waals surface area contributed by atoms with E-state index in [1.165, 1.54) is 0 Å². The maximum absolute atomic E-state index is 10.8. The molecule has 0 saturated heterocycles. The molecule has 33 heavy (non-hydrogen) atoms. The lowest BCUT2D eigenvalue weighted by Gasteiger charge is -2.09. The molecule has 0 heterocycles. The Balaban J connectivity index is 0.000000295. The van der Waals surface area contributed by atoms with Crippen molar-refractivity contribution in [1.82, 2.24) is 0 Å². The van der Waals surface area contributed by atoms with E-state index >= 15 is 0 Å². The number of ether oxygens (including phenoxy) is 2. The van der Waals surface area contributed by atoms with Gasteiger partial charge in [0, 0.05) is 28.8 Å². The molecule has 0 bridgehead atoms. The van der Waals surface area contributed by atoms with E-state index in [2.05, 4.69) is 6.58 Å². The number of carbonyl (C=O) groups excluding carboxylic acids is 1. The first-order valence-electron chi connectivity index (χ1n) is 10.5. The van der Waals surface area contributed by atoms with Crippen molar-refractivity contribution >= 4 is 28.7 Å². The highest BCUT2D eigenvalue weighted by atomic mass is 16.5. The Morgan fingerprint density at radius 2 is 1.30 bits per heavy atom. The van der Waals surface area contributed by atoms with E-state index in [0.29, 0.717) is 13.2 Å². The maximum atomic E-state index is 10.8.